The van der Waals surface area contributed by atoms with E-state index in [1.807, 2.05) is 0 Å². The normalized spacial score (nSPS) is 28.9. The van der Waals surface area contributed by atoms with E-state index in [0.29, 0.717) is 0 Å². The van der Waals surface area contributed by atoms with Crippen LogP contribution < -0.4 is 0 Å². The van der Waals surface area contributed by atoms with E-state index in [2.05, 4.69) is 45.3 Å². The van der Waals surface area contributed by atoms with Gasteiger partial charge in [0, 0.05) is 8.07 Å². The number of hydrogen-bond donors (Lipinski definition) is 0. The van der Waals surface area contributed by atoms with Crippen molar-refractivity contribution in [3.8, 4) is 0 Å². The van der Waals surface area contributed by atoms with Gasteiger partial charge in [-0.3, -0.25) is 0 Å². The van der Waals surface area contributed by atoms with Crippen LogP contribution in [0.4, 0.5) is 0 Å². The highest BCUT2D eigenvalue weighted by molar-refractivity contribution is 6.92. The molecule has 23 heavy (non-hydrogen) atoms. The monoisotopic (exact) mass is 330 g/mol. The van der Waals surface area contributed by atoms with Crippen molar-refractivity contribution in [2.45, 2.75) is 102 Å². The molecule has 0 aliphatic carbocycles. The fraction of sp³-hybridized carbons (Fsp3) is 0.810. The van der Waals surface area contributed by atoms with Gasteiger partial charge in [0.15, 0.2) is 6.71 Å². The van der Waals surface area contributed by atoms with Gasteiger partial charge in [0.2, 0.25) is 0 Å². The van der Waals surface area contributed by atoms with Gasteiger partial charge in [-0.25, -0.2) is 0 Å². The van der Waals surface area contributed by atoms with Crippen LogP contribution in [0.25, 0.3) is 0 Å². The zero-order chi connectivity index (χ0) is 16.9. The van der Waals surface area contributed by atoms with Gasteiger partial charge < -0.3 is 0 Å². The molecular formula is C21H39BSi. The largest absolute Gasteiger partial charge is 0.178 e. The Morgan fingerprint density at radius 1 is 1.09 bits per heavy atom. The summed E-state index contributed by atoms with van der Waals surface area (Å²) in [5.74, 6) is 1.91. The summed E-state index contributed by atoms with van der Waals surface area (Å²) in [7, 11) is -1.16. The minimum Gasteiger partial charge on any atom is -0.105 e. The first kappa shape index (κ1) is 19.1. The van der Waals surface area contributed by atoms with Gasteiger partial charge in [-0.05, 0) is 18.8 Å². The molecule has 2 saturated heterocycles. The number of allylic oxidation sites excluding steroid dienone is 3. The first-order valence-electron chi connectivity index (χ1n) is 10.3. The summed E-state index contributed by atoms with van der Waals surface area (Å²) in [6.45, 7) is 15.5. The Morgan fingerprint density at radius 2 is 1.74 bits per heavy atom. The van der Waals surface area contributed by atoms with Crippen LogP contribution in [0.3, 0.4) is 0 Å². The minimum atomic E-state index is -1.16. The summed E-state index contributed by atoms with van der Waals surface area (Å²) in [5.41, 5.74) is 2.44. The lowest BCUT2D eigenvalue weighted by Gasteiger charge is -2.39. The van der Waals surface area contributed by atoms with E-state index >= 15 is 0 Å². The summed E-state index contributed by atoms with van der Waals surface area (Å²) in [6, 6.07) is 0. The first-order chi connectivity index (χ1) is 10.9. The highest BCUT2D eigenvalue weighted by Gasteiger charge is 2.47. The second-order valence-corrected chi connectivity index (χ2v) is 14.7. The van der Waals surface area contributed by atoms with Crippen LogP contribution in [0.15, 0.2) is 24.2 Å². The lowest BCUT2D eigenvalue weighted by Crippen LogP contribution is -2.44. The second kappa shape index (κ2) is 8.74. The van der Waals surface area contributed by atoms with Gasteiger partial charge in [0.25, 0.3) is 0 Å². The van der Waals surface area contributed by atoms with E-state index in [4.69, 9.17) is 0 Å². The standard InChI is InChI=1S/C21H39BSi/c1-6-7-8-9-10-13-18(2)22-20-16-11-14-19(15-12-17-20)21(22)23(3,4)5/h10,13,19-21H,2,6-9,11-12,14-17H2,1,3-5H3/b13-10+. The van der Waals surface area contributed by atoms with E-state index in [1.165, 1.54) is 69.7 Å². The quantitative estimate of drug-likeness (QED) is 0.261. The summed E-state index contributed by atoms with van der Waals surface area (Å²) in [4.78, 5) is 0. The predicted molar refractivity (Wildman–Crippen MR) is 110 cm³/mol. The van der Waals surface area contributed by atoms with Gasteiger partial charge in [0.05, 0.1) is 0 Å². The van der Waals surface area contributed by atoms with Crippen LogP contribution in [0.2, 0.25) is 30.9 Å². The fourth-order valence-corrected chi connectivity index (χ4v) is 8.83. The molecule has 0 spiro atoms. The Hall–Kier alpha value is -0.238. The molecule has 2 heterocycles. The minimum absolute atomic E-state index is 0.791. The summed E-state index contributed by atoms with van der Waals surface area (Å²) in [5, 5.41) is 0. The van der Waals surface area contributed by atoms with Gasteiger partial charge >= 0.3 is 0 Å². The molecule has 130 valence electrons. The van der Waals surface area contributed by atoms with Crippen molar-refractivity contribution in [3.63, 3.8) is 0 Å². The van der Waals surface area contributed by atoms with Crippen molar-refractivity contribution in [1.29, 1.82) is 0 Å². The van der Waals surface area contributed by atoms with Crippen molar-refractivity contribution in [2.75, 3.05) is 0 Å². The molecule has 2 bridgehead atoms. The topological polar surface area (TPSA) is 0 Å². The zero-order valence-electron chi connectivity index (χ0n) is 16.2. The number of fused-ring (bicyclic) bond motifs is 3. The highest BCUT2D eigenvalue weighted by atomic mass is 28.3. The molecule has 0 radical (unpaired) electrons. The average molecular weight is 330 g/mol. The van der Waals surface area contributed by atoms with E-state index < -0.39 is 8.07 Å². The Balaban J connectivity index is 2.15. The average Bonchev–Trinajstić information content (AvgIpc) is 2.75. The molecule has 2 fully saturated rings. The van der Waals surface area contributed by atoms with Crippen molar-refractivity contribution in [2.24, 2.45) is 5.92 Å². The molecule has 0 nitrogen and oxygen atoms in total. The molecule has 2 rings (SSSR count). The lowest BCUT2D eigenvalue weighted by atomic mass is 9.33. The molecule has 0 saturated carbocycles. The molecule has 1 unspecified atom stereocenters. The Bertz CT molecular complexity index is 397. The van der Waals surface area contributed by atoms with Crippen molar-refractivity contribution < 1.29 is 0 Å². The summed E-state index contributed by atoms with van der Waals surface area (Å²) >= 11 is 0. The Morgan fingerprint density at radius 3 is 2.30 bits per heavy atom. The Kier molecular flexibility index (Phi) is 7.25. The lowest BCUT2D eigenvalue weighted by molar-refractivity contribution is 0.411. The van der Waals surface area contributed by atoms with E-state index in [-0.39, 0.29) is 0 Å². The summed E-state index contributed by atoms with van der Waals surface area (Å²) < 4.78 is 0. The third-order valence-electron chi connectivity index (χ3n) is 6.44. The number of hydrogen-bond acceptors (Lipinski definition) is 0. The van der Waals surface area contributed by atoms with Crippen LogP contribution in [0.1, 0.15) is 71.1 Å². The molecular weight excluding hydrogens is 291 g/mol. The molecule has 0 amide bonds. The smallest absolute Gasteiger partial charge is 0.105 e. The van der Waals surface area contributed by atoms with Crippen LogP contribution in [0.5, 0.6) is 0 Å². The first-order valence-corrected chi connectivity index (χ1v) is 13.9. The van der Waals surface area contributed by atoms with Gasteiger partial charge in [-0.15, -0.1) is 6.58 Å². The SMILES string of the molecule is C=C(/C=C/CCCCC)B1C2CCCC(CCC2)C1[Si](C)(C)C. The van der Waals surface area contributed by atoms with Crippen molar-refractivity contribution in [3.05, 3.63) is 24.2 Å². The maximum Gasteiger partial charge on any atom is 0.178 e. The van der Waals surface area contributed by atoms with Crippen LogP contribution in [-0.2, 0) is 0 Å². The molecule has 2 aliphatic rings. The second-order valence-electron chi connectivity index (χ2n) is 9.27. The molecule has 0 N–H and O–H groups in total. The van der Waals surface area contributed by atoms with Gasteiger partial charge in [-0.2, -0.15) is 0 Å². The van der Waals surface area contributed by atoms with Gasteiger partial charge in [0.1, 0.15) is 0 Å². The van der Waals surface area contributed by atoms with Crippen LogP contribution in [0, 0.1) is 5.92 Å². The van der Waals surface area contributed by atoms with Crippen molar-refractivity contribution in [1.82, 2.24) is 0 Å². The number of unbranched alkanes of at least 4 members (excludes halogenated alkanes) is 3. The third kappa shape index (κ3) is 5.11. The Labute approximate surface area is 147 Å². The summed E-state index contributed by atoms with van der Waals surface area (Å²) in [6.07, 6.45) is 19.0. The molecule has 2 heteroatoms. The van der Waals surface area contributed by atoms with E-state index in [1.54, 1.807) is 0 Å². The highest BCUT2D eigenvalue weighted by Crippen LogP contribution is 2.51. The molecule has 1 atom stereocenters. The fourth-order valence-electron chi connectivity index (χ4n) is 5.51. The molecule has 2 aliphatic heterocycles. The maximum atomic E-state index is 4.60. The predicted octanol–water partition coefficient (Wildman–Crippen LogP) is 7.31. The third-order valence-corrected chi connectivity index (χ3v) is 9.27. The van der Waals surface area contributed by atoms with Gasteiger partial charge in [-0.1, -0.05) is 107 Å². The van der Waals surface area contributed by atoms with Crippen LogP contribution >= 0.6 is 0 Å². The van der Waals surface area contributed by atoms with Crippen LogP contribution in [-0.4, -0.2) is 14.8 Å². The van der Waals surface area contributed by atoms with E-state index in [0.717, 1.165) is 23.9 Å². The van der Waals surface area contributed by atoms with E-state index in [9.17, 15) is 0 Å². The molecule has 0 aromatic carbocycles. The van der Waals surface area contributed by atoms with Crippen molar-refractivity contribution >= 4 is 14.8 Å². The maximum absolute atomic E-state index is 4.60. The number of rotatable bonds is 7. The zero-order valence-corrected chi connectivity index (χ0v) is 17.2. The molecule has 0 aromatic heterocycles. The molecule has 0 aromatic rings.